The number of amides is 2. The number of methoxy groups -OCH3 is 1. The van der Waals surface area contributed by atoms with Gasteiger partial charge in [-0.1, -0.05) is 29.8 Å². The first-order chi connectivity index (χ1) is 16.9. The molecule has 2 aromatic carbocycles. The molecule has 1 saturated heterocycles. The second kappa shape index (κ2) is 10.9. The minimum absolute atomic E-state index is 0.207. The molecule has 0 spiro atoms. The summed E-state index contributed by atoms with van der Waals surface area (Å²) < 4.78 is 7.24. The average Bonchev–Trinajstić information content (AvgIpc) is 3.36. The second-order valence-corrected chi connectivity index (χ2v) is 9.55. The Hall–Kier alpha value is -3.43. The Morgan fingerprint density at radius 1 is 1.26 bits per heavy atom. The lowest BCUT2D eigenvalue weighted by Gasteiger charge is -2.19. The smallest absolute Gasteiger partial charge is 0.338 e. The lowest BCUT2D eigenvalue weighted by atomic mass is 9.98. The van der Waals surface area contributed by atoms with Gasteiger partial charge in [0, 0.05) is 34.7 Å². The van der Waals surface area contributed by atoms with E-state index in [9.17, 15) is 14.7 Å². The maximum atomic E-state index is 12.8. The molecule has 0 unspecified atom stereocenters. The lowest BCUT2D eigenvalue weighted by molar-refractivity contribution is -0.547. The largest absolute Gasteiger partial charge is 0.495 e. The molecule has 1 fully saturated rings. The number of aliphatic hydroxyl groups excluding tert-OH is 1. The molecule has 0 bridgehead atoms. The van der Waals surface area contributed by atoms with E-state index in [0.717, 1.165) is 23.4 Å². The van der Waals surface area contributed by atoms with Crippen molar-refractivity contribution >= 4 is 46.3 Å². The Kier molecular flexibility index (Phi) is 7.67. The molecule has 2 heterocycles. The van der Waals surface area contributed by atoms with Crippen LogP contribution in [0.3, 0.4) is 0 Å². The topological polar surface area (TPSA) is 118 Å². The summed E-state index contributed by atoms with van der Waals surface area (Å²) in [5, 5.41) is 16.6. The lowest BCUT2D eigenvalue weighted by Crippen LogP contribution is -2.31. The highest BCUT2D eigenvalue weighted by Crippen LogP contribution is 2.31. The molecule has 4 N–H and O–H groups in total. The van der Waals surface area contributed by atoms with E-state index in [1.54, 1.807) is 11.4 Å². The first kappa shape index (κ1) is 24.7. The van der Waals surface area contributed by atoms with Crippen LogP contribution in [-0.2, 0) is 6.42 Å². The third-order valence-corrected chi connectivity index (χ3v) is 7.38. The summed E-state index contributed by atoms with van der Waals surface area (Å²) in [5.41, 5.74) is 7.15. The molecular weight excluding hydrogens is 488 g/mol. The van der Waals surface area contributed by atoms with Gasteiger partial charge in [0.05, 0.1) is 24.2 Å². The molecule has 0 aliphatic carbocycles. The monoisotopic (exact) mass is 513 g/mol. The molecule has 2 amide bonds. The van der Waals surface area contributed by atoms with Crippen LogP contribution in [0, 0.1) is 0 Å². The Morgan fingerprint density at radius 2 is 2.00 bits per heavy atom. The number of piperidine rings is 1. The predicted octanol–water partition coefficient (Wildman–Crippen LogP) is 4.25. The van der Waals surface area contributed by atoms with Gasteiger partial charge in [-0.15, -0.1) is 11.3 Å². The third kappa shape index (κ3) is 5.80. The molecule has 1 aliphatic heterocycles. The molecule has 8 nitrogen and oxygen atoms in total. The SMILES string of the molecule is COc1ccc(C(N)=O)cc1NC(=O)c1csc(C2CC[N+](=C(O)Cc3ccccc3Cl)CC2)n1. The van der Waals surface area contributed by atoms with Gasteiger partial charge in [-0.2, -0.15) is 0 Å². The fraction of sp³-hybridized carbons (Fsp3) is 0.280. The fourth-order valence-corrected chi connectivity index (χ4v) is 5.21. The number of hydrogen-bond donors (Lipinski definition) is 3. The summed E-state index contributed by atoms with van der Waals surface area (Å²) in [6.45, 7) is 1.39. The summed E-state index contributed by atoms with van der Waals surface area (Å²) in [5.74, 6) is -0.0586. The van der Waals surface area contributed by atoms with E-state index < -0.39 is 11.8 Å². The summed E-state index contributed by atoms with van der Waals surface area (Å²) in [6, 6.07) is 12.1. The van der Waals surface area contributed by atoms with Crippen molar-refractivity contribution in [2.45, 2.75) is 25.2 Å². The van der Waals surface area contributed by atoms with Crippen LogP contribution in [0.4, 0.5) is 5.69 Å². The maximum Gasteiger partial charge on any atom is 0.338 e. The first-order valence-corrected chi connectivity index (χ1v) is 12.4. The summed E-state index contributed by atoms with van der Waals surface area (Å²) in [6.07, 6.45) is 2.03. The normalized spacial score (nSPS) is 15.5. The van der Waals surface area contributed by atoms with Crippen LogP contribution in [0.1, 0.15) is 50.2 Å². The standard InChI is InChI=1S/C25H25ClN4O4S/c1-34-21-7-6-17(23(27)32)12-19(21)28-24(33)20-14-35-25(29-20)15-8-10-30(11-9-15)22(31)13-16-4-2-3-5-18(16)26/h2-7,12,14-15H,8-11,13H2,1H3,(H3,27,28,32,33)/p+1. The minimum atomic E-state index is -0.597. The van der Waals surface area contributed by atoms with Gasteiger partial charge in [-0.25, -0.2) is 9.56 Å². The highest BCUT2D eigenvalue weighted by atomic mass is 35.5. The summed E-state index contributed by atoms with van der Waals surface area (Å²) >= 11 is 7.66. The van der Waals surface area contributed by atoms with E-state index in [4.69, 9.17) is 22.1 Å². The van der Waals surface area contributed by atoms with Crippen LogP contribution in [0.15, 0.2) is 47.8 Å². The van der Waals surface area contributed by atoms with Crippen molar-refractivity contribution in [2.75, 3.05) is 25.5 Å². The molecule has 0 radical (unpaired) electrons. The van der Waals surface area contributed by atoms with Crippen molar-refractivity contribution < 1.29 is 24.0 Å². The van der Waals surface area contributed by atoms with E-state index in [0.29, 0.717) is 47.6 Å². The van der Waals surface area contributed by atoms with Crippen molar-refractivity contribution in [3.63, 3.8) is 0 Å². The number of ether oxygens (including phenoxy) is 1. The number of rotatable bonds is 7. The number of nitrogens with zero attached hydrogens (tertiary/aromatic N) is 2. The molecule has 35 heavy (non-hydrogen) atoms. The van der Waals surface area contributed by atoms with E-state index in [1.807, 2.05) is 28.8 Å². The van der Waals surface area contributed by atoms with Crippen LogP contribution in [0.2, 0.25) is 5.02 Å². The third-order valence-electron chi connectivity index (χ3n) is 6.00. The molecule has 182 valence electrons. The highest BCUT2D eigenvalue weighted by molar-refractivity contribution is 7.10. The van der Waals surface area contributed by atoms with Crippen LogP contribution in [0.25, 0.3) is 0 Å². The predicted molar refractivity (Wildman–Crippen MR) is 136 cm³/mol. The number of nitrogens with two attached hydrogens (primary N) is 1. The zero-order chi connectivity index (χ0) is 24.9. The van der Waals surface area contributed by atoms with E-state index in [1.165, 1.54) is 30.6 Å². The van der Waals surface area contributed by atoms with Gasteiger partial charge >= 0.3 is 5.90 Å². The molecule has 4 rings (SSSR count). The van der Waals surface area contributed by atoms with Crippen LogP contribution in [-0.4, -0.2) is 52.6 Å². The number of aromatic nitrogens is 1. The maximum absolute atomic E-state index is 12.8. The number of thiazole rings is 1. The summed E-state index contributed by atoms with van der Waals surface area (Å²) in [4.78, 5) is 28.9. The van der Waals surface area contributed by atoms with Gasteiger partial charge in [0.25, 0.3) is 5.91 Å². The number of aliphatic hydroxyl groups is 1. The number of anilines is 1. The molecule has 0 saturated carbocycles. The molecular formula is C25H26ClN4O4S+. The van der Waals surface area contributed by atoms with Gasteiger partial charge in [0.2, 0.25) is 5.91 Å². The molecule has 1 aliphatic rings. The molecule has 10 heteroatoms. The first-order valence-electron chi connectivity index (χ1n) is 11.1. The van der Waals surface area contributed by atoms with Crippen molar-refractivity contribution in [3.8, 4) is 5.75 Å². The fourth-order valence-electron chi connectivity index (χ4n) is 4.03. The molecule has 3 aromatic rings. The number of hydrogen-bond acceptors (Lipinski definition) is 5. The Bertz CT molecular complexity index is 1280. The number of benzene rings is 2. The second-order valence-electron chi connectivity index (χ2n) is 8.25. The number of carbonyl (C=O) groups is 2. The quantitative estimate of drug-likeness (QED) is 0.322. The minimum Gasteiger partial charge on any atom is -0.495 e. The van der Waals surface area contributed by atoms with Crippen LogP contribution >= 0.6 is 22.9 Å². The van der Waals surface area contributed by atoms with Gasteiger partial charge in [0.15, 0.2) is 0 Å². The van der Waals surface area contributed by atoms with Gasteiger partial charge in [0.1, 0.15) is 24.5 Å². The van der Waals surface area contributed by atoms with Crippen molar-refractivity contribution in [1.82, 2.24) is 4.98 Å². The van der Waals surface area contributed by atoms with Crippen LogP contribution < -0.4 is 15.8 Å². The number of carbonyl (C=O) groups excluding carboxylic acids is 2. The highest BCUT2D eigenvalue weighted by Gasteiger charge is 2.28. The number of primary amides is 1. The van der Waals surface area contributed by atoms with Crippen LogP contribution in [0.5, 0.6) is 5.75 Å². The average molecular weight is 514 g/mol. The van der Waals surface area contributed by atoms with Gasteiger partial charge < -0.3 is 20.9 Å². The van der Waals surface area contributed by atoms with Crippen molar-refractivity contribution in [3.05, 3.63) is 74.7 Å². The zero-order valence-electron chi connectivity index (χ0n) is 19.2. The van der Waals surface area contributed by atoms with Gasteiger partial charge in [-0.3, -0.25) is 9.59 Å². The Labute approximate surface area is 212 Å². The van der Waals surface area contributed by atoms with Crippen molar-refractivity contribution in [2.24, 2.45) is 5.73 Å². The van der Waals surface area contributed by atoms with E-state index in [-0.39, 0.29) is 11.5 Å². The zero-order valence-corrected chi connectivity index (χ0v) is 20.7. The molecule has 0 atom stereocenters. The van der Waals surface area contributed by atoms with Gasteiger partial charge in [-0.05, 0) is 29.8 Å². The number of nitrogens with one attached hydrogen (secondary N) is 1. The van der Waals surface area contributed by atoms with E-state index >= 15 is 0 Å². The summed E-state index contributed by atoms with van der Waals surface area (Å²) in [7, 11) is 1.48. The number of halogens is 1. The van der Waals surface area contributed by atoms with Crippen molar-refractivity contribution in [1.29, 1.82) is 0 Å². The Balaban J connectivity index is 1.40. The molecule has 1 aromatic heterocycles. The van der Waals surface area contributed by atoms with E-state index in [2.05, 4.69) is 10.3 Å². The Morgan fingerprint density at radius 3 is 2.69 bits per heavy atom.